The summed E-state index contributed by atoms with van der Waals surface area (Å²) in [6.45, 7) is 1.12. The minimum Gasteiger partial charge on any atom is -0.374 e. The van der Waals surface area contributed by atoms with Crippen molar-refractivity contribution in [2.45, 2.75) is 6.10 Å². The number of nitrogens with zero attached hydrogens (tertiary/aromatic N) is 3. The molecule has 1 saturated heterocycles. The monoisotopic (exact) mass is 378 g/mol. The van der Waals surface area contributed by atoms with Crippen molar-refractivity contribution in [3.05, 3.63) is 42.1 Å². The van der Waals surface area contributed by atoms with E-state index in [1.165, 1.54) is 15.2 Å². The lowest BCUT2D eigenvalue weighted by molar-refractivity contribution is 0.000389. The summed E-state index contributed by atoms with van der Waals surface area (Å²) in [6.07, 6.45) is 0.804. The molecule has 0 radical (unpaired) electrons. The number of hydrogen-bond donors (Lipinski definition) is 1. The van der Waals surface area contributed by atoms with Crippen LogP contribution < -0.4 is 5.32 Å². The second-order valence-electron chi connectivity index (χ2n) is 6.23. The number of aromatic nitrogens is 2. The number of morpholine rings is 1. The average Bonchev–Trinajstić information content (AvgIpc) is 3.02. The minimum atomic E-state index is -3.26. The Hall–Kier alpha value is -2.23. The third kappa shape index (κ3) is 4.29. The molecular weight excluding hydrogens is 356 g/mol. The minimum absolute atomic E-state index is 0.233. The van der Waals surface area contributed by atoms with Gasteiger partial charge in [0.05, 0.1) is 24.7 Å². The molecule has 1 unspecified atom stereocenters. The lowest BCUT2D eigenvalue weighted by Gasteiger charge is -2.31. The van der Waals surface area contributed by atoms with Crippen LogP contribution in [0, 0.1) is 0 Å². The van der Waals surface area contributed by atoms with Crippen LogP contribution in [-0.2, 0) is 21.8 Å². The number of ether oxygens (including phenoxy) is 1. The van der Waals surface area contributed by atoms with E-state index < -0.39 is 10.0 Å². The smallest absolute Gasteiger partial charge is 0.269 e. The Morgan fingerprint density at radius 3 is 2.77 bits per heavy atom. The Morgan fingerprint density at radius 1 is 1.35 bits per heavy atom. The second kappa shape index (κ2) is 7.56. The van der Waals surface area contributed by atoms with Gasteiger partial charge in [-0.1, -0.05) is 30.3 Å². The molecule has 1 N–H and O–H groups in total. The van der Waals surface area contributed by atoms with Gasteiger partial charge >= 0.3 is 0 Å². The zero-order valence-corrected chi connectivity index (χ0v) is 15.6. The van der Waals surface area contributed by atoms with Crippen LogP contribution in [0.5, 0.6) is 0 Å². The number of benzene rings is 1. The maximum Gasteiger partial charge on any atom is 0.269 e. The fraction of sp³-hybridized carbons (Fsp3) is 0.412. The Labute approximate surface area is 152 Å². The van der Waals surface area contributed by atoms with E-state index >= 15 is 0 Å². The molecule has 2 aromatic rings. The van der Waals surface area contributed by atoms with Crippen molar-refractivity contribution in [2.24, 2.45) is 7.05 Å². The van der Waals surface area contributed by atoms with Crippen molar-refractivity contribution in [1.29, 1.82) is 0 Å². The fourth-order valence-electron chi connectivity index (χ4n) is 2.84. The topological polar surface area (TPSA) is 93.5 Å². The molecule has 8 nitrogen and oxygen atoms in total. The van der Waals surface area contributed by atoms with E-state index in [-0.39, 0.29) is 25.1 Å². The first-order chi connectivity index (χ1) is 12.3. The molecule has 3 rings (SSSR count). The Morgan fingerprint density at radius 2 is 2.08 bits per heavy atom. The zero-order chi connectivity index (χ0) is 18.7. The SMILES string of the molecule is Cn1nc(-c2ccccc2)cc1C(=O)NCC1CN(S(C)(=O)=O)CCO1. The molecule has 1 aromatic carbocycles. The molecule has 1 atom stereocenters. The third-order valence-electron chi connectivity index (χ3n) is 4.24. The first kappa shape index (κ1) is 18.6. The van der Waals surface area contributed by atoms with Crippen molar-refractivity contribution >= 4 is 15.9 Å². The molecule has 1 aliphatic rings. The number of aryl methyl sites for hydroxylation is 1. The van der Waals surface area contributed by atoms with E-state index in [1.807, 2.05) is 30.3 Å². The molecule has 0 saturated carbocycles. The lowest BCUT2D eigenvalue weighted by Crippen LogP contribution is -2.49. The largest absolute Gasteiger partial charge is 0.374 e. The van der Waals surface area contributed by atoms with E-state index in [0.29, 0.717) is 18.8 Å². The molecule has 1 aromatic heterocycles. The first-order valence-corrected chi connectivity index (χ1v) is 10.1. The van der Waals surface area contributed by atoms with E-state index in [1.54, 1.807) is 13.1 Å². The van der Waals surface area contributed by atoms with Gasteiger partial charge in [0, 0.05) is 32.2 Å². The highest BCUT2D eigenvalue weighted by molar-refractivity contribution is 7.88. The molecule has 0 spiro atoms. The highest BCUT2D eigenvalue weighted by Gasteiger charge is 2.27. The van der Waals surface area contributed by atoms with Crippen LogP contribution >= 0.6 is 0 Å². The third-order valence-corrected chi connectivity index (χ3v) is 5.51. The molecule has 0 bridgehead atoms. The second-order valence-corrected chi connectivity index (χ2v) is 8.21. The first-order valence-electron chi connectivity index (χ1n) is 8.29. The highest BCUT2D eigenvalue weighted by Crippen LogP contribution is 2.18. The maximum absolute atomic E-state index is 12.5. The van der Waals surface area contributed by atoms with Gasteiger partial charge in [0.25, 0.3) is 5.91 Å². The highest BCUT2D eigenvalue weighted by atomic mass is 32.2. The van der Waals surface area contributed by atoms with Crippen LogP contribution in [-0.4, -0.2) is 67.0 Å². The summed E-state index contributed by atoms with van der Waals surface area (Å²) in [5.41, 5.74) is 2.08. The Bertz CT molecular complexity index is 879. The van der Waals surface area contributed by atoms with Crippen LogP contribution in [0.1, 0.15) is 10.5 Å². The normalized spacial score (nSPS) is 18.6. The molecule has 9 heteroatoms. The van der Waals surface area contributed by atoms with E-state index in [9.17, 15) is 13.2 Å². The quantitative estimate of drug-likeness (QED) is 0.817. The van der Waals surface area contributed by atoms with Gasteiger partial charge in [-0.3, -0.25) is 9.48 Å². The maximum atomic E-state index is 12.5. The summed E-state index contributed by atoms with van der Waals surface area (Å²) in [5, 5.41) is 7.18. The standard InChI is InChI=1S/C17H22N4O4S/c1-20-16(10-15(19-20)13-6-4-3-5-7-13)17(22)18-11-14-12-21(8-9-25-14)26(2,23)24/h3-7,10,14H,8-9,11-12H2,1-2H3,(H,18,22). The molecule has 1 amide bonds. The molecule has 140 valence electrons. The van der Waals surface area contributed by atoms with Gasteiger partial charge in [-0.05, 0) is 6.07 Å². The van der Waals surface area contributed by atoms with Crippen molar-refractivity contribution in [3.8, 4) is 11.3 Å². The van der Waals surface area contributed by atoms with Crippen molar-refractivity contribution < 1.29 is 17.9 Å². The number of amides is 1. The number of carbonyl (C=O) groups excluding carboxylic acids is 1. The van der Waals surface area contributed by atoms with Gasteiger partial charge in [0.15, 0.2) is 0 Å². The number of carbonyl (C=O) groups is 1. The molecule has 0 aliphatic carbocycles. The van der Waals surface area contributed by atoms with Crippen molar-refractivity contribution in [3.63, 3.8) is 0 Å². The Kier molecular flexibility index (Phi) is 5.40. The van der Waals surface area contributed by atoms with E-state index in [4.69, 9.17) is 4.74 Å². The molecule has 1 aliphatic heterocycles. The average molecular weight is 378 g/mol. The summed E-state index contributed by atoms with van der Waals surface area (Å²) in [5.74, 6) is -0.276. The van der Waals surface area contributed by atoms with E-state index in [0.717, 1.165) is 11.3 Å². The van der Waals surface area contributed by atoms with Crippen LogP contribution in [0.4, 0.5) is 0 Å². The number of hydrogen-bond acceptors (Lipinski definition) is 5. The van der Waals surface area contributed by atoms with Gasteiger partial charge < -0.3 is 10.1 Å². The fourth-order valence-corrected chi connectivity index (χ4v) is 3.69. The van der Waals surface area contributed by atoms with Gasteiger partial charge in [-0.25, -0.2) is 8.42 Å². The van der Waals surface area contributed by atoms with Crippen molar-refractivity contribution in [2.75, 3.05) is 32.5 Å². The predicted molar refractivity (Wildman–Crippen MR) is 97.1 cm³/mol. The van der Waals surface area contributed by atoms with Gasteiger partial charge in [0.1, 0.15) is 5.69 Å². The van der Waals surface area contributed by atoms with Crippen LogP contribution in [0.15, 0.2) is 36.4 Å². The van der Waals surface area contributed by atoms with Gasteiger partial charge in [0.2, 0.25) is 10.0 Å². The molecular formula is C17H22N4O4S. The number of sulfonamides is 1. The molecule has 26 heavy (non-hydrogen) atoms. The summed E-state index contributed by atoms with van der Waals surface area (Å²) < 4.78 is 31.7. The van der Waals surface area contributed by atoms with E-state index in [2.05, 4.69) is 10.4 Å². The molecule has 1 fully saturated rings. The zero-order valence-electron chi connectivity index (χ0n) is 14.8. The summed E-state index contributed by atoms with van der Waals surface area (Å²) in [6, 6.07) is 11.3. The van der Waals surface area contributed by atoms with Crippen molar-refractivity contribution in [1.82, 2.24) is 19.4 Å². The Balaban J connectivity index is 1.63. The lowest BCUT2D eigenvalue weighted by atomic mass is 10.1. The summed E-state index contributed by atoms with van der Waals surface area (Å²) in [7, 11) is -1.54. The van der Waals surface area contributed by atoms with Gasteiger partial charge in [-0.2, -0.15) is 9.40 Å². The van der Waals surface area contributed by atoms with Gasteiger partial charge in [-0.15, -0.1) is 0 Å². The summed E-state index contributed by atoms with van der Waals surface area (Å²) in [4.78, 5) is 12.5. The van der Waals surface area contributed by atoms with Crippen LogP contribution in [0.2, 0.25) is 0 Å². The van der Waals surface area contributed by atoms with Crippen LogP contribution in [0.3, 0.4) is 0 Å². The number of nitrogens with one attached hydrogen (secondary N) is 1. The summed E-state index contributed by atoms with van der Waals surface area (Å²) >= 11 is 0. The molecule has 2 heterocycles. The van der Waals surface area contributed by atoms with Crippen LogP contribution in [0.25, 0.3) is 11.3 Å². The number of rotatable bonds is 5. The predicted octanol–water partition coefficient (Wildman–Crippen LogP) is 0.477.